The lowest BCUT2D eigenvalue weighted by atomic mass is 10.2. The van der Waals surface area contributed by atoms with Crippen LogP contribution in [0.5, 0.6) is 0 Å². The van der Waals surface area contributed by atoms with Crippen molar-refractivity contribution in [2.45, 2.75) is 11.8 Å². The first-order chi connectivity index (χ1) is 8.90. The fourth-order valence-corrected chi connectivity index (χ4v) is 3.10. The summed E-state index contributed by atoms with van der Waals surface area (Å²) < 4.78 is 39.6. The normalized spacial score (nSPS) is 11.3. The summed E-state index contributed by atoms with van der Waals surface area (Å²) in [5.74, 6) is -0.431. The van der Waals surface area contributed by atoms with Gasteiger partial charge in [-0.2, -0.15) is 0 Å². The van der Waals surface area contributed by atoms with E-state index in [2.05, 4.69) is 9.71 Å². The number of hydrogen-bond acceptors (Lipinski definition) is 3. The molecule has 0 aliphatic carbocycles. The minimum atomic E-state index is -3.85. The number of aryl methyl sites for hydroxylation is 1. The van der Waals surface area contributed by atoms with E-state index in [0.29, 0.717) is 11.3 Å². The molecule has 0 aliphatic heterocycles. The van der Waals surface area contributed by atoms with Crippen LogP contribution in [-0.4, -0.2) is 13.4 Å². The highest BCUT2D eigenvalue weighted by Gasteiger charge is 2.19. The Balaban J connectivity index is 2.40. The molecule has 4 nitrogen and oxygen atoms in total. The van der Waals surface area contributed by atoms with E-state index >= 15 is 0 Å². The molecule has 19 heavy (non-hydrogen) atoms. The molecule has 0 bridgehead atoms. The summed E-state index contributed by atoms with van der Waals surface area (Å²) in [6.45, 7) is 1.60. The first-order valence-corrected chi connectivity index (χ1v) is 7.16. The predicted molar refractivity (Wildman–Crippen MR) is 71.2 cm³/mol. The van der Waals surface area contributed by atoms with Crippen LogP contribution in [0.1, 0.15) is 5.56 Å². The maximum Gasteiger partial charge on any atom is 0.264 e. The zero-order valence-electron chi connectivity index (χ0n) is 9.89. The molecule has 0 amide bonds. The summed E-state index contributed by atoms with van der Waals surface area (Å²) in [5, 5.41) is -0.116. The van der Waals surface area contributed by atoms with Gasteiger partial charge < -0.3 is 0 Å². The van der Waals surface area contributed by atoms with Crippen LogP contribution in [0.4, 0.5) is 10.1 Å². The van der Waals surface area contributed by atoms with E-state index in [9.17, 15) is 12.8 Å². The Labute approximate surface area is 115 Å². The van der Waals surface area contributed by atoms with Gasteiger partial charge in [0, 0.05) is 6.20 Å². The second-order valence-corrected chi connectivity index (χ2v) is 5.87. The van der Waals surface area contributed by atoms with E-state index in [0.717, 1.165) is 0 Å². The minimum absolute atomic E-state index is 0.116. The molecule has 0 radical (unpaired) electrons. The molecule has 0 saturated carbocycles. The number of anilines is 1. The molecule has 100 valence electrons. The van der Waals surface area contributed by atoms with Gasteiger partial charge in [0.05, 0.1) is 5.69 Å². The SMILES string of the molecule is Cc1cc(F)ccc1NS(=O)(=O)c1cccnc1Cl. The van der Waals surface area contributed by atoms with Gasteiger partial charge in [-0.1, -0.05) is 11.6 Å². The van der Waals surface area contributed by atoms with Gasteiger partial charge in [0.2, 0.25) is 0 Å². The van der Waals surface area contributed by atoms with Crippen LogP contribution in [-0.2, 0) is 10.0 Å². The van der Waals surface area contributed by atoms with Crippen molar-refractivity contribution in [2.24, 2.45) is 0 Å². The molecular weight excluding hydrogens is 291 g/mol. The number of nitrogens with zero attached hydrogens (tertiary/aromatic N) is 1. The van der Waals surface area contributed by atoms with Gasteiger partial charge >= 0.3 is 0 Å². The third-order valence-electron chi connectivity index (χ3n) is 2.45. The Morgan fingerprint density at radius 3 is 2.68 bits per heavy atom. The molecule has 2 rings (SSSR count). The van der Waals surface area contributed by atoms with Crippen LogP contribution in [0.15, 0.2) is 41.4 Å². The van der Waals surface area contributed by atoms with Gasteiger partial charge in [-0.05, 0) is 42.8 Å². The van der Waals surface area contributed by atoms with Crippen molar-refractivity contribution in [3.63, 3.8) is 0 Å². The average molecular weight is 301 g/mol. The monoisotopic (exact) mass is 300 g/mol. The van der Waals surface area contributed by atoms with E-state index < -0.39 is 15.8 Å². The first-order valence-electron chi connectivity index (χ1n) is 5.29. The maximum atomic E-state index is 13.0. The van der Waals surface area contributed by atoms with Crippen LogP contribution in [0.25, 0.3) is 0 Å². The zero-order chi connectivity index (χ0) is 14.0. The molecular formula is C12H10ClFN2O2S. The lowest BCUT2D eigenvalue weighted by Crippen LogP contribution is -2.14. The van der Waals surface area contributed by atoms with Crippen LogP contribution in [0, 0.1) is 12.7 Å². The number of halogens is 2. The molecule has 1 N–H and O–H groups in total. The summed E-state index contributed by atoms with van der Waals surface area (Å²) >= 11 is 5.75. The van der Waals surface area contributed by atoms with Crippen molar-refractivity contribution >= 4 is 27.3 Å². The third kappa shape index (κ3) is 3.02. The Bertz CT molecular complexity index is 719. The fraction of sp³-hybridized carbons (Fsp3) is 0.0833. The first kappa shape index (κ1) is 13.8. The maximum absolute atomic E-state index is 13.0. The summed E-state index contributed by atoms with van der Waals surface area (Å²) in [5.41, 5.74) is 0.768. The standard InChI is InChI=1S/C12H10ClFN2O2S/c1-8-7-9(14)4-5-10(8)16-19(17,18)11-3-2-6-15-12(11)13/h2-7,16H,1H3. The number of benzene rings is 1. The van der Waals surface area contributed by atoms with Gasteiger partial charge in [-0.15, -0.1) is 0 Å². The number of pyridine rings is 1. The van der Waals surface area contributed by atoms with Gasteiger partial charge in [0.15, 0.2) is 0 Å². The second kappa shape index (κ2) is 5.14. The van der Waals surface area contributed by atoms with Crippen molar-refractivity contribution < 1.29 is 12.8 Å². The van der Waals surface area contributed by atoms with Crippen molar-refractivity contribution in [3.8, 4) is 0 Å². The molecule has 1 heterocycles. The Morgan fingerprint density at radius 2 is 2.05 bits per heavy atom. The molecule has 0 aliphatic rings. The van der Waals surface area contributed by atoms with Gasteiger partial charge in [-0.25, -0.2) is 17.8 Å². The smallest absolute Gasteiger partial charge is 0.264 e. The average Bonchev–Trinajstić information content (AvgIpc) is 2.33. The Hall–Kier alpha value is -1.66. The number of nitrogens with one attached hydrogen (secondary N) is 1. The van der Waals surface area contributed by atoms with E-state index in [-0.39, 0.29) is 10.0 Å². The molecule has 0 fully saturated rings. The number of rotatable bonds is 3. The third-order valence-corrected chi connectivity index (χ3v) is 4.26. The predicted octanol–water partition coefficient (Wildman–Crippen LogP) is 2.98. The highest BCUT2D eigenvalue weighted by Crippen LogP contribution is 2.23. The molecule has 0 spiro atoms. The van der Waals surface area contributed by atoms with Crippen LogP contribution >= 0.6 is 11.6 Å². The van der Waals surface area contributed by atoms with Crippen LogP contribution in [0.3, 0.4) is 0 Å². The highest BCUT2D eigenvalue weighted by molar-refractivity contribution is 7.92. The molecule has 7 heteroatoms. The highest BCUT2D eigenvalue weighted by atomic mass is 35.5. The van der Waals surface area contributed by atoms with Crippen LogP contribution < -0.4 is 4.72 Å². The van der Waals surface area contributed by atoms with E-state index in [1.165, 1.54) is 36.5 Å². The van der Waals surface area contributed by atoms with Gasteiger partial charge in [0.1, 0.15) is 15.9 Å². The van der Waals surface area contributed by atoms with Gasteiger partial charge in [-0.3, -0.25) is 4.72 Å². The van der Waals surface area contributed by atoms with E-state index in [1.54, 1.807) is 6.92 Å². The molecule has 2 aromatic rings. The van der Waals surface area contributed by atoms with Crippen molar-refractivity contribution in [1.29, 1.82) is 0 Å². The molecule has 0 saturated heterocycles. The lowest BCUT2D eigenvalue weighted by molar-refractivity contribution is 0.600. The van der Waals surface area contributed by atoms with Crippen molar-refractivity contribution in [3.05, 3.63) is 53.1 Å². The second-order valence-electron chi connectivity index (χ2n) is 3.86. The zero-order valence-corrected chi connectivity index (χ0v) is 11.5. The summed E-state index contributed by atoms with van der Waals surface area (Å²) in [7, 11) is -3.85. The minimum Gasteiger partial charge on any atom is -0.279 e. The molecule has 1 aromatic heterocycles. The summed E-state index contributed by atoms with van der Waals surface area (Å²) in [6, 6.07) is 6.58. The fourth-order valence-electron chi connectivity index (χ4n) is 1.51. The number of sulfonamides is 1. The summed E-state index contributed by atoms with van der Waals surface area (Å²) in [6.07, 6.45) is 1.39. The lowest BCUT2D eigenvalue weighted by Gasteiger charge is -2.11. The largest absolute Gasteiger partial charge is 0.279 e. The molecule has 0 atom stereocenters. The molecule has 1 aromatic carbocycles. The quantitative estimate of drug-likeness (QED) is 0.887. The number of hydrogen-bond donors (Lipinski definition) is 1. The van der Waals surface area contributed by atoms with Crippen molar-refractivity contribution in [2.75, 3.05) is 4.72 Å². The van der Waals surface area contributed by atoms with E-state index in [1.807, 2.05) is 0 Å². The van der Waals surface area contributed by atoms with Crippen molar-refractivity contribution in [1.82, 2.24) is 4.98 Å². The number of aromatic nitrogens is 1. The van der Waals surface area contributed by atoms with E-state index in [4.69, 9.17) is 11.6 Å². The van der Waals surface area contributed by atoms with Crippen LogP contribution in [0.2, 0.25) is 5.15 Å². The Morgan fingerprint density at radius 1 is 1.32 bits per heavy atom. The topological polar surface area (TPSA) is 59.1 Å². The van der Waals surface area contributed by atoms with Gasteiger partial charge in [0.25, 0.3) is 10.0 Å². The summed E-state index contributed by atoms with van der Waals surface area (Å²) in [4.78, 5) is 3.59. The molecule has 0 unspecified atom stereocenters. The Kier molecular flexibility index (Phi) is 3.73.